The van der Waals surface area contributed by atoms with Crippen LogP contribution in [0.15, 0.2) is 201 Å². The standard InChI is InChI=1S/C57H37NO3/c1-57(2)46-22-9-6-18-39(46)40-28-26-36(31-47(40)57)53-54-43-20-8-11-25-50(43)59-52(54)33-45-44-32-38(27-29-51(44)61-56(45)53)58(37-17-12-16-35(30-37)34-14-4-3-5-15-34)48-23-13-21-42-41-19-7-10-24-49(41)60-55(42)48/h3-33H,1-2H3. The average Bonchev–Trinajstić information content (AvgIpc) is 4.04. The number of hydrogen-bond acceptors (Lipinski definition) is 4. The minimum atomic E-state index is -0.153. The maximum atomic E-state index is 7.05. The summed E-state index contributed by atoms with van der Waals surface area (Å²) in [5.74, 6) is 0. The lowest BCUT2D eigenvalue weighted by atomic mass is 9.81. The van der Waals surface area contributed by atoms with Gasteiger partial charge in [0.2, 0.25) is 0 Å². The number of furan rings is 3. The maximum Gasteiger partial charge on any atom is 0.159 e. The van der Waals surface area contributed by atoms with E-state index in [0.29, 0.717) is 0 Å². The van der Waals surface area contributed by atoms with Gasteiger partial charge < -0.3 is 18.2 Å². The summed E-state index contributed by atoms with van der Waals surface area (Å²) in [6, 6.07) is 66.8. The Labute approximate surface area is 351 Å². The molecule has 1 aliphatic rings. The van der Waals surface area contributed by atoms with E-state index in [0.717, 1.165) is 105 Å². The van der Waals surface area contributed by atoms with E-state index in [4.69, 9.17) is 13.3 Å². The predicted octanol–water partition coefficient (Wildman–Crippen LogP) is 16.5. The number of benzene rings is 9. The second-order valence-electron chi connectivity index (χ2n) is 16.8. The van der Waals surface area contributed by atoms with Gasteiger partial charge in [-0.05, 0) is 99.6 Å². The molecule has 61 heavy (non-hydrogen) atoms. The molecule has 0 fully saturated rings. The Morgan fingerprint density at radius 3 is 1.93 bits per heavy atom. The van der Waals surface area contributed by atoms with Gasteiger partial charge in [0.05, 0.1) is 5.69 Å². The van der Waals surface area contributed by atoms with Gasteiger partial charge in [-0.1, -0.05) is 141 Å². The summed E-state index contributed by atoms with van der Waals surface area (Å²) in [6.07, 6.45) is 0. The van der Waals surface area contributed by atoms with Gasteiger partial charge in [-0.15, -0.1) is 0 Å². The van der Waals surface area contributed by atoms with Gasteiger partial charge in [0.15, 0.2) is 5.58 Å². The molecule has 4 nitrogen and oxygen atoms in total. The highest BCUT2D eigenvalue weighted by atomic mass is 16.3. The molecule has 4 heteroatoms. The first-order valence-electron chi connectivity index (χ1n) is 20.9. The van der Waals surface area contributed by atoms with Crippen LogP contribution in [0.4, 0.5) is 17.1 Å². The Kier molecular flexibility index (Phi) is 7.04. The van der Waals surface area contributed by atoms with Crippen molar-refractivity contribution in [3.8, 4) is 33.4 Å². The molecule has 9 aromatic carbocycles. The molecule has 0 unspecified atom stereocenters. The van der Waals surface area contributed by atoms with Crippen LogP contribution < -0.4 is 4.90 Å². The lowest BCUT2D eigenvalue weighted by Gasteiger charge is -2.26. The van der Waals surface area contributed by atoms with Crippen LogP contribution in [0.2, 0.25) is 0 Å². The molecule has 0 saturated heterocycles. The summed E-state index contributed by atoms with van der Waals surface area (Å²) < 4.78 is 20.5. The predicted molar refractivity (Wildman–Crippen MR) is 251 cm³/mol. The van der Waals surface area contributed by atoms with Crippen LogP contribution in [0.3, 0.4) is 0 Å². The fourth-order valence-electron chi connectivity index (χ4n) is 10.2. The van der Waals surface area contributed by atoms with Gasteiger partial charge in [0.25, 0.3) is 0 Å². The summed E-state index contributed by atoms with van der Waals surface area (Å²) in [4.78, 5) is 2.32. The van der Waals surface area contributed by atoms with Crippen LogP contribution in [0.1, 0.15) is 25.0 Å². The lowest BCUT2D eigenvalue weighted by molar-refractivity contribution is 0.660. The molecular formula is C57H37NO3. The van der Waals surface area contributed by atoms with Crippen LogP contribution in [0.25, 0.3) is 99.2 Å². The second-order valence-corrected chi connectivity index (χ2v) is 16.8. The largest absolute Gasteiger partial charge is 0.456 e. The molecule has 0 aliphatic heterocycles. The summed E-state index contributed by atoms with van der Waals surface area (Å²) in [5, 5.41) is 6.31. The van der Waals surface area contributed by atoms with Crippen LogP contribution in [-0.4, -0.2) is 0 Å². The first kappa shape index (κ1) is 34.1. The zero-order chi connectivity index (χ0) is 40.4. The number of anilines is 3. The van der Waals surface area contributed by atoms with E-state index in [1.807, 2.05) is 18.2 Å². The highest BCUT2D eigenvalue weighted by molar-refractivity contribution is 6.24. The minimum Gasteiger partial charge on any atom is -0.456 e. The zero-order valence-electron chi connectivity index (χ0n) is 33.6. The molecule has 0 bridgehead atoms. The van der Waals surface area contributed by atoms with Gasteiger partial charge in [0.1, 0.15) is 27.9 Å². The van der Waals surface area contributed by atoms with Crippen molar-refractivity contribution in [1.29, 1.82) is 0 Å². The molecule has 0 N–H and O–H groups in total. The van der Waals surface area contributed by atoms with Crippen molar-refractivity contribution >= 4 is 82.9 Å². The molecule has 288 valence electrons. The first-order chi connectivity index (χ1) is 30.0. The fourth-order valence-corrected chi connectivity index (χ4v) is 10.2. The number of para-hydroxylation sites is 3. The molecule has 1 aliphatic carbocycles. The SMILES string of the molecule is CC1(C)c2ccccc2-c2ccc(-c3c4oc5ccc(N(c6cccc(-c7ccccc7)c6)c6cccc7c6oc6ccccc67)cc5c4cc4oc5ccccc5c34)cc21. The Morgan fingerprint density at radius 2 is 1.05 bits per heavy atom. The monoisotopic (exact) mass is 783 g/mol. The third-order valence-electron chi connectivity index (χ3n) is 13.1. The van der Waals surface area contributed by atoms with Crippen molar-refractivity contribution in [1.82, 2.24) is 0 Å². The number of nitrogens with zero attached hydrogens (tertiary/aromatic N) is 1. The smallest absolute Gasteiger partial charge is 0.159 e. The summed E-state index contributed by atoms with van der Waals surface area (Å²) in [7, 11) is 0. The highest BCUT2D eigenvalue weighted by Gasteiger charge is 2.36. The molecule has 3 heterocycles. The summed E-state index contributed by atoms with van der Waals surface area (Å²) in [6.45, 7) is 4.67. The maximum absolute atomic E-state index is 7.05. The Balaban J connectivity index is 1.07. The van der Waals surface area contributed by atoms with Crippen molar-refractivity contribution in [3.05, 3.63) is 199 Å². The van der Waals surface area contributed by atoms with Gasteiger partial charge in [-0.2, -0.15) is 0 Å². The number of hydrogen-bond donors (Lipinski definition) is 0. The van der Waals surface area contributed by atoms with E-state index in [2.05, 4.69) is 189 Å². The second kappa shape index (κ2) is 12.6. The van der Waals surface area contributed by atoms with E-state index in [9.17, 15) is 0 Å². The highest BCUT2D eigenvalue weighted by Crippen LogP contribution is 2.52. The zero-order valence-corrected chi connectivity index (χ0v) is 33.6. The normalized spacial score (nSPS) is 13.2. The van der Waals surface area contributed by atoms with E-state index in [1.165, 1.54) is 22.3 Å². The van der Waals surface area contributed by atoms with E-state index in [1.54, 1.807) is 0 Å². The molecule has 0 spiro atoms. The van der Waals surface area contributed by atoms with Gasteiger partial charge in [-0.3, -0.25) is 0 Å². The van der Waals surface area contributed by atoms with Gasteiger partial charge >= 0.3 is 0 Å². The van der Waals surface area contributed by atoms with Gasteiger partial charge in [0, 0.05) is 54.7 Å². The Bertz CT molecular complexity index is 3750. The Hall–Kier alpha value is -7.82. The van der Waals surface area contributed by atoms with Crippen molar-refractivity contribution in [3.63, 3.8) is 0 Å². The summed E-state index contributed by atoms with van der Waals surface area (Å²) in [5.41, 5.74) is 17.5. The molecule has 3 aromatic heterocycles. The molecule has 12 aromatic rings. The van der Waals surface area contributed by atoms with Gasteiger partial charge in [-0.25, -0.2) is 0 Å². The molecule has 0 saturated carbocycles. The van der Waals surface area contributed by atoms with Crippen molar-refractivity contribution in [2.45, 2.75) is 19.3 Å². The van der Waals surface area contributed by atoms with Crippen LogP contribution in [0, 0.1) is 0 Å². The first-order valence-corrected chi connectivity index (χ1v) is 20.9. The molecule has 0 amide bonds. The quantitative estimate of drug-likeness (QED) is 0.174. The molecule has 0 radical (unpaired) electrons. The third kappa shape index (κ3) is 4.93. The third-order valence-corrected chi connectivity index (χ3v) is 13.1. The fraction of sp³-hybridized carbons (Fsp3) is 0.0526. The summed E-state index contributed by atoms with van der Waals surface area (Å²) >= 11 is 0. The van der Waals surface area contributed by atoms with Crippen molar-refractivity contribution in [2.24, 2.45) is 0 Å². The van der Waals surface area contributed by atoms with Crippen LogP contribution in [-0.2, 0) is 5.41 Å². The van der Waals surface area contributed by atoms with Crippen LogP contribution >= 0.6 is 0 Å². The van der Waals surface area contributed by atoms with E-state index >= 15 is 0 Å². The topological polar surface area (TPSA) is 42.7 Å². The average molecular weight is 784 g/mol. The number of rotatable bonds is 5. The van der Waals surface area contributed by atoms with Crippen molar-refractivity contribution < 1.29 is 13.3 Å². The van der Waals surface area contributed by atoms with E-state index < -0.39 is 0 Å². The van der Waals surface area contributed by atoms with Crippen molar-refractivity contribution in [2.75, 3.05) is 4.90 Å². The lowest BCUT2D eigenvalue weighted by Crippen LogP contribution is -2.14. The minimum absolute atomic E-state index is 0.153. The van der Waals surface area contributed by atoms with E-state index in [-0.39, 0.29) is 5.41 Å². The molecule has 13 rings (SSSR count). The molecule has 0 atom stereocenters. The number of fused-ring (bicyclic) bond motifs is 12. The van der Waals surface area contributed by atoms with Crippen LogP contribution in [0.5, 0.6) is 0 Å². The Morgan fingerprint density at radius 1 is 0.377 bits per heavy atom. The molecular weight excluding hydrogens is 747 g/mol.